The van der Waals surface area contributed by atoms with E-state index < -0.39 is 6.04 Å². The molecule has 0 bridgehead atoms. The Balaban J connectivity index is 2.00. The number of carbonyl (C=O) groups excluding carboxylic acids is 1. The van der Waals surface area contributed by atoms with Gasteiger partial charge < -0.3 is 20.7 Å². The van der Waals surface area contributed by atoms with E-state index in [1.54, 1.807) is 11.8 Å². The zero-order chi connectivity index (χ0) is 15.5. The summed E-state index contributed by atoms with van der Waals surface area (Å²) in [5, 5.41) is 29.7. The summed E-state index contributed by atoms with van der Waals surface area (Å²) in [5.41, 5.74) is 0.0889. The lowest BCUT2D eigenvalue weighted by atomic mass is 9.99. The highest BCUT2D eigenvalue weighted by Gasteiger charge is 2.39. The molecule has 1 amide bonds. The Hall–Kier alpha value is -1.45. The largest absolute Gasteiger partial charge is 0.394 e. The number of carbonyl (C=O) groups is 1. The molecule has 2 aliphatic rings. The molecular weight excluding hydrogens is 268 g/mol. The molecule has 0 aromatic rings. The SMILES string of the molecule is CC(=N)C1CCC(C#N)N1C(=O)CNC1(CO)CCCC1. The second kappa shape index (κ2) is 6.54. The van der Waals surface area contributed by atoms with Crippen molar-refractivity contribution in [3.05, 3.63) is 0 Å². The Bertz CT molecular complexity index is 451. The predicted octanol–water partition coefficient (Wildman–Crippen LogP) is 0.804. The summed E-state index contributed by atoms with van der Waals surface area (Å²) in [6.45, 7) is 1.85. The molecule has 2 atom stereocenters. The lowest BCUT2D eigenvalue weighted by Gasteiger charge is -2.31. The number of rotatable bonds is 5. The van der Waals surface area contributed by atoms with Crippen LogP contribution >= 0.6 is 0 Å². The fraction of sp³-hybridized carbons (Fsp3) is 0.800. The van der Waals surface area contributed by atoms with Crippen molar-refractivity contribution in [3.63, 3.8) is 0 Å². The molecule has 0 radical (unpaired) electrons. The molecule has 21 heavy (non-hydrogen) atoms. The van der Waals surface area contributed by atoms with Crippen molar-refractivity contribution in [2.45, 2.75) is 63.1 Å². The van der Waals surface area contributed by atoms with Gasteiger partial charge in [0.25, 0.3) is 0 Å². The van der Waals surface area contributed by atoms with E-state index in [0.29, 0.717) is 18.6 Å². The molecular formula is C15H24N4O2. The minimum atomic E-state index is -0.432. The van der Waals surface area contributed by atoms with Gasteiger partial charge in [0.1, 0.15) is 6.04 Å². The van der Waals surface area contributed by atoms with E-state index in [-0.39, 0.29) is 30.6 Å². The molecule has 116 valence electrons. The maximum atomic E-state index is 12.5. The van der Waals surface area contributed by atoms with Gasteiger partial charge in [-0.25, -0.2) is 0 Å². The number of nitrogens with one attached hydrogen (secondary N) is 2. The number of aliphatic hydroxyl groups excluding tert-OH is 1. The minimum Gasteiger partial charge on any atom is -0.394 e. The highest BCUT2D eigenvalue weighted by molar-refractivity contribution is 5.91. The molecule has 1 heterocycles. The maximum Gasteiger partial charge on any atom is 0.238 e. The first-order chi connectivity index (χ1) is 10.0. The molecule has 1 saturated carbocycles. The number of nitrogens with zero attached hydrogens (tertiary/aromatic N) is 2. The van der Waals surface area contributed by atoms with Crippen LogP contribution in [-0.4, -0.2) is 52.4 Å². The third-order valence-corrected chi connectivity index (χ3v) is 4.80. The predicted molar refractivity (Wildman–Crippen MR) is 79.0 cm³/mol. The second-order valence-corrected chi connectivity index (χ2v) is 6.22. The van der Waals surface area contributed by atoms with Crippen molar-refractivity contribution < 1.29 is 9.90 Å². The van der Waals surface area contributed by atoms with Gasteiger partial charge in [-0.1, -0.05) is 12.8 Å². The van der Waals surface area contributed by atoms with Gasteiger partial charge in [-0.15, -0.1) is 0 Å². The van der Waals surface area contributed by atoms with Gasteiger partial charge in [0.05, 0.1) is 25.3 Å². The van der Waals surface area contributed by atoms with E-state index in [1.807, 2.05) is 0 Å². The Kier molecular flexibility index (Phi) is 4.96. The lowest BCUT2D eigenvalue weighted by Crippen LogP contribution is -2.53. The van der Waals surface area contributed by atoms with Crippen LogP contribution in [0, 0.1) is 16.7 Å². The molecule has 2 unspecified atom stereocenters. The Morgan fingerprint density at radius 1 is 1.48 bits per heavy atom. The molecule has 1 aliphatic carbocycles. The molecule has 6 nitrogen and oxygen atoms in total. The monoisotopic (exact) mass is 292 g/mol. The average Bonchev–Trinajstić information content (AvgIpc) is 3.11. The quantitative estimate of drug-likeness (QED) is 0.653. The average molecular weight is 292 g/mol. The fourth-order valence-corrected chi connectivity index (χ4v) is 3.51. The van der Waals surface area contributed by atoms with Crippen LogP contribution in [0.5, 0.6) is 0 Å². The van der Waals surface area contributed by atoms with E-state index in [4.69, 9.17) is 5.41 Å². The van der Waals surface area contributed by atoms with Crippen LogP contribution in [0.4, 0.5) is 0 Å². The van der Waals surface area contributed by atoms with Crippen molar-refractivity contribution in [3.8, 4) is 6.07 Å². The van der Waals surface area contributed by atoms with Crippen molar-refractivity contribution in [2.24, 2.45) is 0 Å². The molecule has 1 saturated heterocycles. The number of aliphatic hydroxyl groups is 1. The van der Waals surface area contributed by atoms with Crippen LogP contribution in [0.2, 0.25) is 0 Å². The molecule has 3 N–H and O–H groups in total. The smallest absolute Gasteiger partial charge is 0.238 e. The maximum absolute atomic E-state index is 12.5. The third kappa shape index (κ3) is 3.25. The molecule has 6 heteroatoms. The summed E-state index contributed by atoms with van der Waals surface area (Å²) < 4.78 is 0. The van der Waals surface area contributed by atoms with Crippen molar-refractivity contribution in [1.29, 1.82) is 10.7 Å². The number of nitriles is 1. The normalized spacial score (nSPS) is 27.6. The molecule has 0 aromatic heterocycles. The zero-order valence-electron chi connectivity index (χ0n) is 12.6. The summed E-state index contributed by atoms with van der Waals surface area (Å²) in [6.07, 6.45) is 5.21. The van der Waals surface area contributed by atoms with Gasteiger partial charge in [0.2, 0.25) is 5.91 Å². The van der Waals surface area contributed by atoms with E-state index in [9.17, 15) is 15.2 Å². The van der Waals surface area contributed by atoms with Gasteiger partial charge in [-0.2, -0.15) is 5.26 Å². The lowest BCUT2D eigenvalue weighted by molar-refractivity contribution is -0.131. The van der Waals surface area contributed by atoms with Crippen LogP contribution in [0.3, 0.4) is 0 Å². The van der Waals surface area contributed by atoms with E-state index >= 15 is 0 Å². The van der Waals surface area contributed by atoms with Gasteiger partial charge in [0.15, 0.2) is 0 Å². The second-order valence-electron chi connectivity index (χ2n) is 6.22. The van der Waals surface area contributed by atoms with Crippen molar-refractivity contribution in [2.75, 3.05) is 13.2 Å². The van der Waals surface area contributed by atoms with Gasteiger partial charge in [0, 0.05) is 11.3 Å². The topological polar surface area (TPSA) is 100 Å². The molecule has 2 fully saturated rings. The Morgan fingerprint density at radius 3 is 2.67 bits per heavy atom. The first-order valence-corrected chi connectivity index (χ1v) is 7.65. The van der Waals surface area contributed by atoms with Crippen molar-refractivity contribution >= 4 is 11.6 Å². The molecule has 2 rings (SSSR count). The van der Waals surface area contributed by atoms with E-state index in [1.165, 1.54) is 0 Å². The fourth-order valence-electron chi connectivity index (χ4n) is 3.51. The number of amides is 1. The minimum absolute atomic E-state index is 0.0367. The van der Waals surface area contributed by atoms with Crippen LogP contribution in [0.25, 0.3) is 0 Å². The summed E-state index contributed by atoms with van der Waals surface area (Å²) >= 11 is 0. The van der Waals surface area contributed by atoms with E-state index in [2.05, 4.69) is 11.4 Å². The van der Waals surface area contributed by atoms with Crippen molar-refractivity contribution in [1.82, 2.24) is 10.2 Å². The van der Waals surface area contributed by atoms with Gasteiger partial charge in [-0.3, -0.25) is 4.79 Å². The van der Waals surface area contributed by atoms with Crippen LogP contribution in [0.15, 0.2) is 0 Å². The number of hydrogen-bond donors (Lipinski definition) is 3. The zero-order valence-corrected chi connectivity index (χ0v) is 12.6. The Labute approximate surface area is 125 Å². The van der Waals surface area contributed by atoms with Crippen LogP contribution in [-0.2, 0) is 4.79 Å². The Morgan fingerprint density at radius 2 is 2.14 bits per heavy atom. The summed E-state index contributed by atoms with van der Waals surface area (Å²) in [4.78, 5) is 14.0. The first kappa shape index (κ1) is 15.9. The summed E-state index contributed by atoms with van der Waals surface area (Å²) in [5.74, 6) is -0.143. The molecule has 0 spiro atoms. The van der Waals surface area contributed by atoms with Gasteiger partial charge in [-0.05, 0) is 32.6 Å². The number of hydrogen-bond acceptors (Lipinski definition) is 5. The van der Waals surface area contributed by atoms with Crippen LogP contribution < -0.4 is 5.32 Å². The van der Waals surface area contributed by atoms with Crippen LogP contribution in [0.1, 0.15) is 45.4 Å². The first-order valence-electron chi connectivity index (χ1n) is 7.65. The summed E-state index contributed by atoms with van der Waals surface area (Å²) in [7, 11) is 0. The standard InChI is InChI=1S/C15H24N4O2/c1-11(17)13-5-4-12(8-16)19(13)14(21)9-18-15(10-20)6-2-3-7-15/h12-13,17-18,20H,2-7,9-10H2,1H3. The highest BCUT2D eigenvalue weighted by Crippen LogP contribution is 2.29. The third-order valence-electron chi connectivity index (χ3n) is 4.80. The molecule has 0 aromatic carbocycles. The van der Waals surface area contributed by atoms with E-state index in [0.717, 1.165) is 25.7 Å². The number of likely N-dealkylation sites (tertiary alicyclic amines) is 1. The van der Waals surface area contributed by atoms with Gasteiger partial charge >= 0.3 is 0 Å². The highest BCUT2D eigenvalue weighted by atomic mass is 16.3. The summed E-state index contributed by atoms with van der Waals surface area (Å²) in [6, 6.07) is 1.48. The molecule has 1 aliphatic heterocycles.